The first-order valence-electron chi connectivity index (χ1n) is 5.95. The molecule has 2 heterocycles. The van der Waals surface area contributed by atoms with Crippen molar-refractivity contribution < 1.29 is 9.59 Å². The average molecular weight is 291 g/mol. The zero-order valence-corrected chi connectivity index (χ0v) is 11.3. The summed E-state index contributed by atoms with van der Waals surface area (Å²) in [5, 5.41) is 7.11. The van der Waals surface area contributed by atoms with Crippen molar-refractivity contribution in [2.45, 2.75) is 6.04 Å². The van der Waals surface area contributed by atoms with E-state index >= 15 is 0 Å². The number of urea groups is 1. The minimum absolute atomic E-state index is 0.342. The number of benzene rings is 1. The highest BCUT2D eigenvalue weighted by atomic mass is 35.5. The molecule has 2 aromatic rings. The molecule has 20 heavy (non-hydrogen) atoms. The van der Waals surface area contributed by atoms with Crippen molar-refractivity contribution in [3.8, 4) is 0 Å². The highest BCUT2D eigenvalue weighted by Gasteiger charge is 2.40. The molecule has 102 valence electrons. The lowest BCUT2D eigenvalue weighted by Gasteiger charge is -2.12. The van der Waals surface area contributed by atoms with Crippen LogP contribution in [0.15, 0.2) is 36.7 Å². The van der Waals surface area contributed by atoms with E-state index in [1.54, 1.807) is 48.4 Å². The van der Waals surface area contributed by atoms with E-state index in [4.69, 9.17) is 11.6 Å². The second kappa shape index (κ2) is 4.64. The second-order valence-corrected chi connectivity index (χ2v) is 4.92. The molecule has 1 unspecified atom stereocenters. The highest BCUT2D eigenvalue weighted by Crippen LogP contribution is 2.28. The molecule has 1 aromatic carbocycles. The van der Waals surface area contributed by atoms with Gasteiger partial charge in [0, 0.05) is 23.8 Å². The molecule has 6 nitrogen and oxygen atoms in total. The molecule has 0 bridgehead atoms. The van der Waals surface area contributed by atoms with Crippen molar-refractivity contribution in [3.05, 3.63) is 47.2 Å². The van der Waals surface area contributed by atoms with Gasteiger partial charge in [-0.25, -0.2) is 9.69 Å². The Morgan fingerprint density at radius 3 is 2.80 bits per heavy atom. The quantitative estimate of drug-likeness (QED) is 0.859. The largest absolute Gasteiger partial charge is 0.329 e. The van der Waals surface area contributed by atoms with Crippen LogP contribution in [0.25, 0.3) is 0 Å². The van der Waals surface area contributed by atoms with Crippen LogP contribution in [0.1, 0.15) is 11.6 Å². The van der Waals surface area contributed by atoms with Crippen LogP contribution in [0.4, 0.5) is 10.5 Å². The summed E-state index contributed by atoms with van der Waals surface area (Å²) in [6, 6.07) is 5.43. The standard InChI is InChI=1S/C13H11ClN4O2/c1-17-7-8(6-15-17)11-12(19)18(13(20)16-11)10-4-2-3-9(14)5-10/h2-7,11H,1H3,(H,16,20). The number of aryl methyl sites for hydroxylation is 1. The maximum Gasteiger partial charge on any atom is 0.329 e. The monoisotopic (exact) mass is 290 g/mol. The van der Waals surface area contributed by atoms with Crippen molar-refractivity contribution in [3.63, 3.8) is 0 Å². The summed E-state index contributed by atoms with van der Waals surface area (Å²) in [6.45, 7) is 0. The third-order valence-electron chi connectivity index (χ3n) is 3.06. The maximum absolute atomic E-state index is 12.4. The number of carbonyl (C=O) groups excluding carboxylic acids is 2. The number of imide groups is 1. The predicted octanol–water partition coefficient (Wildman–Crippen LogP) is 1.87. The number of hydrogen-bond donors (Lipinski definition) is 1. The fourth-order valence-corrected chi connectivity index (χ4v) is 2.34. The van der Waals surface area contributed by atoms with E-state index in [1.807, 2.05) is 0 Å². The fraction of sp³-hybridized carbons (Fsp3) is 0.154. The van der Waals surface area contributed by atoms with E-state index in [9.17, 15) is 9.59 Å². The fourth-order valence-electron chi connectivity index (χ4n) is 2.15. The SMILES string of the molecule is Cn1cc(C2NC(=O)N(c3cccc(Cl)c3)C2=O)cn1. The molecule has 0 saturated carbocycles. The number of nitrogens with zero attached hydrogens (tertiary/aromatic N) is 3. The van der Waals surface area contributed by atoms with Gasteiger partial charge in [0.2, 0.25) is 0 Å². The van der Waals surface area contributed by atoms with Gasteiger partial charge in [-0.05, 0) is 18.2 Å². The van der Waals surface area contributed by atoms with Gasteiger partial charge in [0.1, 0.15) is 6.04 Å². The van der Waals surface area contributed by atoms with E-state index in [-0.39, 0.29) is 5.91 Å². The zero-order valence-electron chi connectivity index (χ0n) is 10.6. The van der Waals surface area contributed by atoms with Crippen molar-refractivity contribution in [2.24, 2.45) is 7.05 Å². The predicted molar refractivity (Wildman–Crippen MR) is 73.4 cm³/mol. The van der Waals surface area contributed by atoms with Crippen LogP contribution in [0, 0.1) is 0 Å². The van der Waals surface area contributed by atoms with E-state index in [1.165, 1.54) is 0 Å². The smallest absolute Gasteiger partial charge is 0.321 e. The zero-order chi connectivity index (χ0) is 14.3. The molecule has 0 aliphatic carbocycles. The molecule has 1 N–H and O–H groups in total. The molecule has 1 aromatic heterocycles. The van der Waals surface area contributed by atoms with Gasteiger partial charge in [0.25, 0.3) is 5.91 Å². The van der Waals surface area contributed by atoms with Crippen LogP contribution >= 0.6 is 11.6 Å². The van der Waals surface area contributed by atoms with Gasteiger partial charge in [-0.1, -0.05) is 17.7 Å². The van der Waals surface area contributed by atoms with Gasteiger partial charge in [0.05, 0.1) is 11.9 Å². The lowest BCUT2D eigenvalue weighted by Crippen LogP contribution is -2.30. The number of anilines is 1. The van der Waals surface area contributed by atoms with E-state index in [2.05, 4.69) is 10.4 Å². The number of rotatable bonds is 2. The maximum atomic E-state index is 12.4. The first-order chi connectivity index (χ1) is 9.56. The molecule has 0 radical (unpaired) electrons. The molecule has 0 spiro atoms. The normalized spacial score (nSPS) is 18.5. The van der Waals surface area contributed by atoms with Crippen LogP contribution in [0.3, 0.4) is 0 Å². The van der Waals surface area contributed by atoms with Crippen LogP contribution in [0.2, 0.25) is 5.02 Å². The first-order valence-corrected chi connectivity index (χ1v) is 6.32. The van der Waals surface area contributed by atoms with Gasteiger partial charge in [-0.2, -0.15) is 5.10 Å². The summed E-state index contributed by atoms with van der Waals surface area (Å²) in [5.74, 6) is -0.342. The van der Waals surface area contributed by atoms with E-state index in [0.29, 0.717) is 16.3 Å². The first kappa shape index (κ1) is 12.7. The molecule has 1 atom stereocenters. The van der Waals surface area contributed by atoms with Crippen LogP contribution in [-0.2, 0) is 11.8 Å². The summed E-state index contributed by atoms with van der Waals surface area (Å²) in [7, 11) is 1.75. The molecule has 1 aliphatic heterocycles. The summed E-state index contributed by atoms with van der Waals surface area (Å²) < 4.78 is 1.58. The molecule has 1 aliphatic rings. The van der Waals surface area contributed by atoms with Crippen molar-refractivity contribution in [1.82, 2.24) is 15.1 Å². The summed E-state index contributed by atoms with van der Waals surface area (Å²) in [5.41, 5.74) is 1.10. The van der Waals surface area contributed by atoms with E-state index in [0.717, 1.165) is 4.90 Å². The Kier molecular flexibility index (Phi) is 2.94. The molecule has 7 heteroatoms. The van der Waals surface area contributed by atoms with Gasteiger partial charge in [-0.15, -0.1) is 0 Å². The Morgan fingerprint density at radius 2 is 2.15 bits per heavy atom. The lowest BCUT2D eigenvalue weighted by atomic mass is 10.1. The Labute approximate surface area is 119 Å². The Hall–Kier alpha value is -2.34. The highest BCUT2D eigenvalue weighted by molar-refractivity contribution is 6.31. The number of amides is 3. The minimum atomic E-state index is -0.713. The molecule has 3 amide bonds. The number of nitrogens with one attached hydrogen (secondary N) is 1. The van der Waals surface area contributed by atoms with Crippen molar-refractivity contribution in [2.75, 3.05) is 4.90 Å². The van der Waals surface area contributed by atoms with E-state index < -0.39 is 12.1 Å². The van der Waals surface area contributed by atoms with Gasteiger partial charge in [-0.3, -0.25) is 9.48 Å². The topological polar surface area (TPSA) is 67.2 Å². The van der Waals surface area contributed by atoms with Crippen molar-refractivity contribution in [1.29, 1.82) is 0 Å². The Morgan fingerprint density at radius 1 is 1.35 bits per heavy atom. The third-order valence-corrected chi connectivity index (χ3v) is 3.30. The number of hydrogen-bond acceptors (Lipinski definition) is 3. The van der Waals surface area contributed by atoms with Gasteiger partial charge in [0.15, 0.2) is 0 Å². The van der Waals surface area contributed by atoms with Crippen LogP contribution in [0.5, 0.6) is 0 Å². The van der Waals surface area contributed by atoms with Crippen molar-refractivity contribution >= 4 is 29.2 Å². The molecule has 1 fully saturated rings. The van der Waals surface area contributed by atoms with Crippen LogP contribution < -0.4 is 10.2 Å². The van der Waals surface area contributed by atoms with Crippen LogP contribution in [-0.4, -0.2) is 21.7 Å². The Bertz CT molecular complexity index is 697. The van der Waals surface area contributed by atoms with Gasteiger partial charge >= 0.3 is 6.03 Å². The molecule has 3 rings (SSSR count). The summed E-state index contributed by atoms with van der Waals surface area (Å²) >= 11 is 5.89. The summed E-state index contributed by atoms with van der Waals surface area (Å²) in [4.78, 5) is 25.5. The molecular weight excluding hydrogens is 280 g/mol. The number of halogens is 1. The summed E-state index contributed by atoms with van der Waals surface area (Å²) in [6.07, 6.45) is 3.26. The number of carbonyl (C=O) groups is 2. The average Bonchev–Trinajstić information content (AvgIpc) is 2.93. The second-order valence-electron chi connectivity index (χ2n) is 4.48. The Balaban J connectivity index is 1.95. The lowest BCUT2D eigenvalue weighted by molar-refractivity contribution is -0.118. The van der Waals surface area contributed by atoms with Gasteiger partial charge < -0.3 is 5.32 Å². The molecule has 1 saturated heterocycles. The minimum Gasteiger partial charge on any atom is -0.321 e. The molecular formula is C13H11ClN4O2. The number of aromatic nitrogens is 2. The third kappa shape index (κ3) is 2.04.